The molecule has 0 aliphatic carbocycles. The fourth-order valence-electron chi connectivity index (χ4n) is 3.30. The van der Waals surface area contributed by atoms with E-state index in [1.807, 2.05) is 36.4 Å². The number of carbonyl (C=O) groups excluding carboxylic acids is 2. The first-order valence-corrected chi connectivity index (χ1v) is 8.46. The van der Waals surface area contributed by atoms with Crippen LogP contribution in [0, 0.1) is 17.8 Å². The molecule has 4 heteroatoms. The van der Waals surface area contributed by atoms with Crippen LogP contribution in [0.1, 0.15) is 30.1 Å². The van der Waals surface area contributed by atoms with Crippen LogP contribution in [0.4, 0.5) is 0 Å². The summed E-state index contributed by atoms with van der Waals surface area (Å²) < 4.78 is 5.23. The highest BCUT2D eigenvalue weighted by molar-refractivity contribution is 6.02. The van der Waals surface area contributed by atoms with Crippen LogP contribution >= 0.6 is 0 Å². The van der Waals surface area contributed by atoms with Crippen molar-refractivity contribution >= 4 is 22.5 Å². The molecule has 1 aliphatic rings. The van der Waals surface area contributed by atoms with Gasteiger partial charge in [-0.25, -0.2) is 0 Å². The van der Waals surface area contributed by atoms with Crippen molar-refractivity contribution in [3.05, 3.63) is 42.0 Å². The van der Waals surface area contributed by atoms with E-state index in [2.05, 4.69) is 11.8 Å². The Hall–Kier alpha value is -2.80. The zero-order chi connectivity index (χ0) is 17.8. The Morgan fingerprint density at radius 2 is 1.92 bits per heavy atom. The predicted molar refractivity (Wildman–Crippen MR) is 97.6 cm³/mol. The molecular weight excluding hydrogens is 314 g/mol. The lowest BCUT2D eigenvalue weighted by atomic mass is 9.89. The molecule has 1 heterocycles. The Kier molecular flexibility index (Phi) is 5.04. The minimum absolute atomic E-state index is 0.0969. The number of rotatable bonds is 3. The molecule has 1 fully saturated rings. The molecule has 0 N–H and O–H groups in total. The minimum atomic E-state index is -0.189. The Balaban J connectivity index is 1.81. The molecule has 0 spiro atoms. The average molecular weight is 335 g/mol. The summed E-state index contributed by atoms with van der Waals surface area (Å²) in [6, 6.07) is 11.5. The summed E-state index contributed by atoms with van der Waals surface area (Å²) in [4.78, 5) is 26.5. The van der Waals surface area contributed by atoms with Gasteiger partial charge in [-0.05, 0) is 54.7 Å². The molecule has 0 bridgehead atoms. The smallest absolute Gasteiger partial charge is 0.298 e. The SMILES string of the molecule is CC#CC(=O)N1CCCC(C(=O)c2ccc3cc(OC)ccc3c2)C1. The quantitative estimate of drug-likeness (QED) is 0.639. The van der Waals surface area contributed by atoms with E-state index < -0.39 is 0 Å². The van der Waals surface area contributed by atoms with Gasteiger partial charge in [-0.1, -0.05) is 24.1 Å². The van der Waals surface area contributed by atoms with Gasteiger partial charge in [0.2, 0.25) is 0 Å². The number of ether oxygens (including phenoxy) is 1. The second-order valence-corrected chi connectivity index (χ2v) is 6.26. The number of fused-ring (bicyclic) bond motifs is 1. The number of carbonyl (C=O) groups is 2. The van der Waals surface area contributed by atoms with E-state index in [4.69, 9.17) is 4.74 Å². The van der Waals surface area contributed by atoms with E-state index in [9.17, 15) is 9.59 Å². The number of benzene rings is 2. The number of ketones is 1. The summed E-state index contributed by atoms with van der Waals surface area (Å²) in [5.74, 6) is 5.74. The standard InChI is InChI=1S/C21H21NO3/c1-3-5-20(23)22-11-4-6-18(14-22)21(24)17-8-7-16-13-19(25-2)10-9-15(16)12-17/h7-10,12-13,18H,4,6,11,14H2,1-2H3. The number of methoxy groups -OCH3 is 1. The summed E-state index contributed by atoms with van der Waals surface area (Å²) in [5.41, 5.74) is 0.693. The summed E-state index contributed by atoms with van der Waals surface area (Å²) in [7, 11) is 1.64. The molecule has 1 amide bonds. The Labute approximate surface area is 147 Å². The van der Waals surface area contributed by atoms with Crippen molar-refractivity contribution in [1.29, 1.82) is 0 Å². The molecule has 0 radical (unpaired) electrons. The monoisotopic (exact) mass is 335 g/mol. The summed E-state index contributed by atoms with van der Waals surface area (Å²) in [5, 5.41) is 2.04. The van der Waals surface area contributed by atoms with Crippen LogP contribution in [0.25, 0.3) is 10.8 Å². The molecule has 4 nitrogen and oxygen atoms in total. The topological polar surface area (TPSA) is 46.6 Å². The number of Topliss-reactive ketones (excluding diaryl/α,β-unsaturated/α-hetero) is 1. The highest BCUT2D eigenvalue weighted by atomic mass is 16.5. The third-order valence-corrected chi connectivity index (χ3v) is 4.64. The molecule has 0 aromatic heterocycles. The van der Waals surface area contributed by atoms with Crippen LogP contribution in [0.2, 0.25) is 0 Å². The molecule has 2 aromatic rings. The normalized spacial score (nSPS) is 16.9. The lowest BCUT2D eigenvalue weighted by Crippen LogP contribution is -2.41. The van der Waals surface area contributed by atoms with Crippen LogP contribution in [0.5, 0.6) is 5.75 Å². The number of piperidine rings is 1. The first kappa shape index (κ1) is 17.0. The lowest BCUT2D eigenvalue weighted by Gasteiger charge is -2.30. The Morgan fingerprint density at radius 3 is 2.68 bits per heavy atom. The fourth-order valence-corrected chi connectivity index (χ4v) is 3.30. The van der Waals surface area contributed by atoms with Gasteiger partial charge < -0.3 is 9.64 Å². The van der Waals surface area contributed by atoms with E-state index in [0.29, 0.717) is 18.7 Å². The summed E-state index contributed by atoms with van der Waals surface area (Å²) in [6.07, 6.45) is 1.64. The molecule has 2 aromatic carbocycles. The summed E-state index contributed by atoms with van der Waals surface area (Å²) >= 11 is 0. The van der Waals surface area contributed by atoms with Gasteiger partial charge in [0.05, 0.1) is 7.11 Å². The molecule has 0 saturated carbocycles. The highest BCUT2D eigenvalue weighted by Crippen LogP contribution is 2.25. The number of hydrogen-bond donors (Lipinski definition) is 0. The van der Waals surface area contributed by atoms with Crippen molar-refractivity contribution in [3.8, 4) is 17.6 Å². The zero-order valence-corrected chi connectivity index (χ0v) is 14.5. The van der Waals surface area contributed by atoms with Gasteiger partial charge in [0.25, 0.3) is 5.91 Å². The molecular formula is C21H21NO3. The third-order valence-electron chi connectivity index (χ3n) is 4.64. The maximum atomic E-state index is 12.9. The largest absolute Gasteiger partial charge is 0.497 e. The lowest BCUT2D eigenvalue weighted by molar-refractivity contribution is -0.126. The number of nitrogens with zero attached hydrogens (tertiary/aromatic N) is 1. The maximum Gasteiger partial charge on any atom is 0.298 e. The van der Waals surface area contributed by atoms with E-state index >= 15 is 0 Å². The van der Waals surface area contributed by atoms with Crippen molar-refractivity contribution in [3.63, 3.8) is 0 Å². The minimum Gasteiger partial charge on any atom is -0.497 e. The zero-order valence-electron chi connectivity index (χ0n) is 14.5. The highest BCUT2D eigenvalue weighted by Gasteiger charge is 2.28. The van der Waals surface area contributed by atoms with Crippen LogP contribution in [-0.2, 0) is 4.79 Å². The van der Waals surface area contributed by atoms with Crippen molar-refractivity contribution in [2.45, 2.75) is 19.8 Å². The maximum absolute atomic E-state index is 12.9. The van der Waals surface area contributed by atoms with Gasteiger partial charge in [-0.2, -0.15) is 0 Å². The van der Waals surface area contributed by atoms with Crippen molar-refractivity contribution in [2.24, 2.45) is 5.92 Å². The summed E-state index contributed by atoms with van der Waals surface area (Å²) in [6.45, 7) is 2.77. The molecule has 128 valence electrons. The number of amides is 1. The number of likely N-dealkylation sites (tertiary alicyclic amines) is 1. The third kappa shape index (κ3) is 3.66. The van der Waals surface area contributed by atoms with E-state index in [-0.39, 0.29) is 17.6 Å². The van der Waals surface area contributed by atoms with Crippen LogP contribution < -0.4 is 4.74 Å². The second kappa shape index (κ2) is 7.40. The number of hydrogen-bond acceptors (Lipinski definition) is 3. The first-order valence-electron chi connectivity index (χ1n) is 8.46. The van der Waals surface area contributed by atoms with Gasteiger partial charge in [0.1, 0.15) is 5.75 Å². The van der Waals surface area contributed by atoms with Crippen molar-refractivity contribution in [2.75, 3.05) is 20.2 Å². The second-order valence-electron chi connectivity index (χ2n) is 6.26. The molecule has 1 aliphatic heterocycles. The van der Waals surface area contributed by atoms with Gasteiger partial charge >= 0.3 is 0 Å². The van der Waals surface area contributed by atoms with Crippen LogP contribution in [-0.4, -0.2) is 36.8 Å². The van der Waals surface area contributed by atoms with Gasteiger partial charge in [-0.3, -0.25) is 9.59 Å². The van der Waals surface area contributed by atoms with Crippen LogP contribution in [0.3, 0.4) is 0 Å². The van der Waals surface area contributed by atoms with Crippen molar-refractivity contribution < 1.29 is 14.3 Å². The molecule has 3 rings (SSSR count). The Bertz CT molecular complexity index is 876. The van der Waals surface area contributed by atoms with Gasteiger partial charge in [-0.15, -0.1) is 0 Å². The molecule has 1 saturated heterocycles. The van der Waals surface area contributed by atoms with E-state index in [1.54, 1.807) is 18.9 Å². The Morgan fingerprint density at radius 1 is 1.16 bits per heavy atom. The molecule has 1 unspecified atom stereocenters. The van der Waals surface area contributed by atoms with E-state index in [0.717, 1.165) is 29.4 Å². The predicted octanol–water partition coefficient (Wildman–Crippen LogP) is 3.29. The molecule has 1 atom stereocenters. The molecule has 25 heavy (non-hydrogen) atoms. The van der Waals surface area contributed by atoms with Gasteiger partial charge in [0.15, 0.2) is 5.78 Å². The van der Waals surface area contributed by atoms with Crippen LogP contribution in [0.15, 0.2) is 36.4 Å². The van der Waals surface area contributed by atoms with E-state index in [1.165, 1.54) is 0 Å². The van der Waals surface area contributed by atoms with Gasteiger partial charge in [0, 0.05) is 24.6 Å². The average Bonchev–Trinajstić information content (AvgIpc) is 2.66. The fraction of sp³-hybridized carbons (Fsp3) is 0.333. The first-order chi connectivity index (χ1) is 12.1. The van der Waals surface area contributed by atoms with Crippen molar-refractivity contribution in [1.82, 2.24) is 4.90 Å².